The van der Waals surface area contributed by atoms with E-state index in [1.165, 1.54) is 44.1 Å². The molecule has 0 radical (unpaired) electrons. The lowest BCUT2D eigenvalue weighted by molar-refractivity contribution is -0.132. The largest absolute Gasteiger partial charge is 0.492 e. The molecule has 3 heteroatoms. The van der Waals surface area contributed by atoms with Crippen LogP contribution in [0.4, 0.5) is 0 Å². The van der Waals surface area contributed by atoms with Crippen molar-refractivity contribution in [3.8, 4) is 5.75 Å². The van der Waals surface area contributed by atoms with E-state index >= 15 is 0 Å². The number of benzene rings is 1. The second kappa shape index (κ2) is 4.99. The molecule has 122 valence electrons. The van der Waals surface area contributed by atoms with Gasteiger partial charge in [-0.05, 0) is 74.3 Å². The Balaban J connectivity index is 1.31. The molecular weight excluding hydrogens is 286 g/mol. The van der Waals surface area contributed by atoms with Gasteiger partial charge in [0.05, 0.1) is 5.92 Å². The van der Waals surface area contributed by atoms with E-state index in [9.17, 15) is 4.79 Å². The molecule has 5 aliphatic rings. The molecule has 1 unspecified atom stereocenters. The van der Waals surface area contributed by atoms with Crippen LogP contribution in [0.25, 0.3) is 0 Å². The normalized spacial score (nSPS) is 40.3. The van der Waals surface area contributed by atoms with Crippen molar-refractivity contribution in [1.29, 1.82) is 0 Å². The number of nitrogens with one attached hydrogen (secondary N) is 1. The first-order valence-electron chi connectivity index (χ1n) is 9.22. The van der Waals surface area contributed by atoms with Crippen LogP contribution in [-0.4, -0.2) is 18.1 Å². The van der Waals surface area contributed by atoms with Gasteiger partial charge in [-0.25, -0.2) is 0 Å². The average Bonchev–Trinajstić information content (AvgIpc) is 2.52. The Kier molecular flexibility index (Phi) is 3.01. The zero-order valence-corrected chi connectivity index (χ0v) is 13.6. The second-order valence-electron chi connectivity index (χ2n) is 8.51. The molecule has 1 atom stereocenters. The van der Waals surface area contributed by atoms with Crippen LogP contribution < -0.4 is 10.1 Å². The summed E-state index contributed by atoms with van der Waals surface area (Å²) in [7, 11) is 0. The summed E-state index contributed by atoms with van der Waals surface area (Å²) in [5, 5.41) is 3.51. The maximum Gasteiger partial charge on any atom is 0.227 e. The summed E-state index contributed by atoms with van der Waals surface area (Å²) >= 11 is 0. The third-order valence-electron chi connectivity index (χ3n) is 6.68. The first kappa shape index (κ1) is 13.9. The summed E-state index contributed by atoms with van der Waals surface area (Å²) in [4.78, 5) is 12.9. The predicted octanol–water partition coefficient (Wildman–Crippen LogP) is 3.32. The Morgan fingerprint density at radius 3 is 2.39 bits per heavy atom. The van der Waals surface area contributed by atoms with Crippen molar-refractivity contribution >= 4 is 5.91 Å². The molecule has 1 amide bonds. The van der Waals surface area contributed by atoms with Crippen molar-refractivity contribution in [1.82, 2.24) is 5.32 Å². The summed E-state index contributed by atoms with van der Waals surface area (Å²) in [6.07, 6.45) is 8.70. The smallest absolute Gasteiger partial charge is 0.227 e. The van der Waals surface area contributed by atoms with Crippen molar-refractivity contribution in [2.24, 2.45) is 23.7 Å². The molecule has 0 saturated heterocycles. The molecule has 1 N–H and O–H groups in total. The van der Waals surface area contributed by atoms with Crippen molar-refractivity contribution in [3.05, 3.63) is 29.8 Å². The summed E-state index contributed by atoms with van der Waals surface area (Å²) in [5.41, 5.74) is 1.28. The van der Waals surface area contributed by atoms with Crippen LogP contribution in [0, 0.1) is 23.7 Å². The Morgan fingerprint density at radius 2 is 1.70 bits per heavy atom. The lowest BCUT2D eigenvalue weighted by Gasteiger charge is -2.57. The van der Waals surface area contributed by atoms with Gasteiger partial charge in [-0.1, -0.05) is 18.2 Å². The predicted molar refractivity (Wildman–Crippen MR) is 88.2 cm³/mol. The number of amides is 1. The molecule has 1 heterocycles. The highest BCUT2D eigenvalue weighted by Crippen LogP contribution is 2.55. The van der Waals surface area contributed by atoms with E-state index < -0.39 is 0 Å². The van der Waals surface area contributed by atoms with E-state index in [1.54, 1.807) is 0 Å². The van der Waals surface area contributed by atoms with Gasteiger partial charge in [0.1, 0.15) is 12.4 Å². The minimum Gasteiger partial charge on any atom is -0.492 e. The van der Waals surface area contributed by atoms with Crippen LogP contribution in [0.5, 0.6) is 5.75 Å². The van der Waals surface area contributed by atoms with Crippen LogP contribution in [0.2, 0.25) is 0 Å². The molecule has 4 aliphatic carbocycles. The fourth-order valence-electron chi connectivity index (χ4n) is 6.12. The second-order valence-corrected chi connectivity index (χ2v) is 8.51. The number of ether oxygens (including phenoxy) is 1. The summed E-state index contributed by atoms with van der Waals surface area (Å²) in [6, 6.07) is 8.11. The molecule has 0 aromatic heterocycles. The molecule has 1 aromatic carbocycles. The van der Waals surface area contributed by atoms with Gasteiger partial charge in [-0.2, -0.15) is 0 Å². The van der Waals surface area contributed by atoms with Crippen molar-refractivity contribution < 1.29 is 9.53 Å². The van der Waals surface area contributed by atoms with Gasteiger partial charge in [0, 0.05) is 5.54 Å². The third kappa shape index (κ3) is 2.36. The van der Waals surface area contributed by atoms with Gasteiger partial charge < -0.3 is 10.1 Å². The number of rotatable bonds is 2. The Morgan fingerprint density at radius 1 is 1.04 bits per heavy atom. The van der Waals surface area contributed by atoms with Crippen molar-refractivity contribution in [3.63, 3.8) is 0 Å². The molecule has 23 heavy (non-hydrogen) atoms. The van der Waals surface area contributed by atoms with Gasteiger partial charge in [0.25, 0.3) is 0 Å². The molecule has 1 aromatic rings. The quantitative estimate of drug-likeness (QED) is 0.910. The Bertz CT molecular complexity index is 603. The van der Waals surface area contributed by atoms with Crippen LogP contribution in [0.1, 0.15) is 44.1 Å². The lowest BCUT2D eigenvalue weighted by atomic mass is 9.53. The van der Waals surface area contributed by atoms with Crippen LogP contribution in [-0.2, 0) is 11.2 Å². The van der Waals surface area contributed by atoms with Gasteiger partial charge in [-0.15, -0.1) is 0 Å². The molecule has 4 fully saturated rings. The molecule has 4 saturated carbocycles. The third-order valence-corrected chi connectivity index (χ3v) is 6.68. The number of para-hydroxylation sites is 1. The highest BCUT2D eigenvalue weighted by atomic mass is 16.5. The minimum atomic E-state index is -0.0297. The zero-order valence-electron chi connectivity index (χ0n) is 13.6. The average molecular weight is 311 g/mol. The number of hydrogen-bond acceptors (Lipinski definition) is 2. The highest BCUT2D eigenvalue weighted by Gasteiger charge is 2.51. The van der Waals surface area contributed by atoms with Crippen LogP contribution in [0.15, 0.2) is 24.3 Å². The number of carbonyl (C=O) groups is 1. The Hall–Kier alpha value is -1.51. The first-order chi connectivity index (χ1) is 11.2. The topological polar surface area (TPSA) is 38.3 Å². The lowest BCUT2D eigenvalue weighted by Crippen LogP contribution is -2.61. The summed E-state index contributed by atoms with van der Waals surface area (Å²) < 4.78 is 5.82. The minimum absolute atomic E-state index is 0.0297. The monoisotopic (exact) mass is 311 g/mol. The maximum atomic E-state index is 12.9. The standard InChI is InChI=1S/C20H25NO2/c22-19(17-8-16-3-1-2-4-18(16)23-12-17)21-20-9-13-5-14(10-20)7-15(6-13)11-20/h1-4,13-15,17H,5-12H2,(H,21,22). The van der Waals surface area contributed by atoms with Gasteiger partial charge in [-0.3, -0.25) is 4.79 Å². The molecular formula is C20H25NO2. The fraction of sp³-hybridized carbons (Fsp3) is 0.650. The van der Waals surface area contributed by atoms with E-state index in [0.29, 0.717) is 6.61 Å². The highest BCUT2D eigenvalue weighted by molar-refractivity contribution is 5.80. The van der Waals surface area contributed by atoms with Crippen molar-refractivity contribution in [2.75, 3.05) is 6.61 Å². The van der Waals surface area contributed by atoms with Gasteiger partial charge in [0.15, 0.2) is 0 Å². The zero-order chi connectivity index (χ0) is 15.4. The van der Waals surface area contributed by atoms with E-state index in [-0.39, 0.29) is 17.4 Å². The molecule has 4 bridgehead atoms. The van der Waals surface area contributed by atoms with Crippen LogP contribution in [0.3, 0.4) is 0 Å². The van der Waals surface area contributed by atoms with E-state index in [1.807, 2.05) is 18.2 Å². The molecule has 0 spiro atoms. The fourth-order valence-corrected chi connectivity index (χ4v) is 6.12. The maximum absolute atomic E-state index is 12.9. The summed E-state index contributed by atoms with van der Waals surface area (Å²) in [5.74, 6) is 3.74. The molecule has 1 aliphatic heterocycles. The molecule has 3 nitrogen and oxygen atoms in total. The Labute approximate surface area is 137 Å². The molecule has 6 rings (SSSR count). The van der Waals surface area contributed by atoms with E-state index in [2.05, 4.69) is 11.4 Å². The van der Waals surface area contributed by atoms with Gasteiger partial charge in [0.2, 0.25) is 5.91 Å². The van der Waals surface area contributed by atoms with Gasteiger partial charge >= 0.3 is 0 Å². The summed E-state index contributed by atoms with van der Waals surface area (Å²) in [6.45, 7) is 0.523. The van der Waals surface area contributed by atoms with E-state index in [4.69, 9.17) is 4.74 Å². The van der Waals surface area contributed by atoms with E-state index in [0.717, 1.165) is 29.9 Å². The number of fused-ring (bicyclic) bond motifs is 1. The van der Waals surface area contributed by atoms with Crippen molar-refractivity contribution in [2.45, 2.75) is 50.5 Å². The SMILES string of the molecule is O=C(NC12CC3CC(CC(C3)C1)C2)C1COc2ccccc2C1. The number of carbonyl (C=O) groups excluding carboxylic acids is 1. The first-order valence-corrected chi connectivity index (χ1v) is 9.22. The number of hydrogen-bond donors (Lipinski definition) is 1. The van der Waals surface area contributed by atoms with Crippen LogP contribution >= 0.6 is 0 Å².